The summed E-state index contributed by atoms with van der Waals surface area (Å²) >= 11 is 0. The van der Waals surface area contributed by atoms with Gasteiger partial charge in [-0.1, -0.05) is 54.4 Å². The molecule has 0 bridgehead atoms. The van der Waals surface area contributed by atoms with Gasteiger partial charge >= 0.3 is 17.9 Å². The number of H-pyrrole nitrogens is 1. The van der Waals surface area contributed by atoms with Gasteiger partial charge in [-0.05, 0) is 50.0 Å². The minimum atomic E-state index is -2.05. The molecule has 0 unspecified atom stereocenters. The quantitative estimate of drug-likeness (QED) is 0.0271. The number of nitrogens with one attached hydrogen (secondary N) is 11. The van der Waals surface area contributed by atoms with Crippen molar-refractivity contribution in [2.75, 3.05) is 32.9 Å². The highest BCUT2D eigenvalue weighted by Crippen LogP contribution is 2.12. The van der Waals surface area contributed by atoms with Crippen LogP contribution in [0.5, 0.6) is 0 Å². The molecule has 0 aromatic carbocycles. The van der Waals surface area contributed by atoms with E-state index < -0.39 is 195 Å². The van der Waals surface area contributed by atoms with E-state index in [0.29, 0.717) is 25.1 Å². The molecule has 0 saturated carbocycles. The number of unbranched alkanes of at least 4 members (excludes halogenated alkanes) is 1. The number of aliphatic hydroxyl groups is 3. The Morgan fingerprint density at radius 1 is 0.554 bits per heavy atom. The van der Waals surface area contributed by atoms with Crippen LogP contribution in [0.3, 0.4) is 0 Å². The number of hydrogen-bond acceptors (Lipinski definition) is 19. The maximum atomic E-state index is 13.9. The lowest BCUT2D eigenvalue weighted by Gasteiger charge is -2.29. The predicted octanol–water partition coefficient (Wildman–Crippen LogP) is -6.57. The molecule has 0 saturated heterocycles. The number of imidazole rings is 1. The van der Waals surface area contributed by atoms with Gasteiger partial charge < -0.3 is 100 Å². The summed E-state index contributed by atoms with van der Waals surface area (Å²) in [6.07, 6.45) is 1.40. The molecule has 21 N–H and O–H groups in total. The molecule has 1 aromatic rings. The first-order valence-electron chi connectivity index (χ1n) is 27.0. The fourth-order valence-corrected chi connectivity index (χ4v) is 7.71. The number of aromatic nitrogens is 2. The van der Waals surface area contributed by atoms with Gasteiger partial charge in [0.25, 0.3) is 0 Å². The van der Waals surface area contributed by atoms with Crippen molar-refractivity contribution < 1.29 is 93.0 Å². The Labute approximate surface area is 478 Å². The summed E-state index contributed by atoms with van der Waals surface area (Å²) in [6.45, 7) is 6.31. The van der Waals surface area contributed by atoms with E-state index in [2.05, 4.69) is 63.1 Å². The summed E-state index contributed by atoms with van der Waals surface area (Å²) in [5, 5.41) is 82.1. The molecule has 0 aliphatic rings. The second-order valence-corrected chi connectivity index (χ2v) is 20.3. The molecule has 10 amide bonds. The Bertz CT molecular complexity index is 2340. The third kappa shape index (κ3) is 27.2. The first-order valence-corrected chi connectivity index (χ1v) is 27.0. The SMILES string of the molecule is CC[C@H](C)[C@H](NC(=O)[C@H](CO)NC(=O)[C@H](CO)NC(=O)[C@H](CC(C)C)NC(=O)[C@@H](N)CCCCN)C(=O)N[C@@H](CC(=O)O)C(=O)N[C@@H](CO)C(=O)N[C@@H](CCC(=O)O)C(=O)N[C@H](C(=O)NCCC(=O)N[C@@H](Cc1c[nH]cn1)C(=O)O)C(C)C. The zero-order valence-electron chi connectivity index (χ0n) is 47.4. The monoisotopic (exact) mass is 1180 g/mol. The molecule has 1 aromatic heterocycles. The molecule has 1 heterocycles. The molecule has 1 rings (SSSR count). The van der Waals surface area contributed by atoms with Crippen LogP contribution in [0.2, 0.25) is 0 Å². The van der Waals surface area contributed by atoms with Gasteiger partial charge in [0.1, 0.15) is 54.4 Å². The molecule has 0 aliphatic heterocycles. The highest BCUT2D eigenvalue weighted by atomic mass is 16.4. The number of carbonyl (C=O) groups excluding carboxylic acids is 10. The first kappa shape index (κ1) is 73.1. The third-order valence-electron chi connectivity index (χ3n) is 12.7. The van der Waals surface area contributed by atoms with Gasteiger partial charge in [-0.2, -0.15) is 0 Å². The number of carbonyl (C=O) groups is 13. The number of amides is 10. The van der Waals surface area contributed by atoms with E-state index in [1.165, 1.54) is 33.3 Å². The van der Waals surface area contributed by atoms with E-state index in [1.807, 2.05) is 0 Å². The number of hydrogen-bond donors (Lipinski definition) is 19. The summed E-state index contributed by atoms with van der Waals surface area (Å²) < 4.78 is 0. The van der Waals surface area contributed by atoms with Crippen LogP contribution in [-0.4, -0.2) is 211 Å². The second kappa shape index (κ2) is 38.0. The average Bonchev–Trinajstić information content (AvgIpc) is 3.98. The van der Waals surface area contributed by atoms with Crippen molar-refractivity contribution in [1.29, 1.82) is 0 Å². The predicted molar refractivity (Wildman–Crippen MR) is 290 cm³/mol. The van der Waals surface area contributed by atoms with Crippen molar-refractivity contribution in [1.82, 2.24) is 63.1 Å². The van der Waals surface area contributed by atoms with Gasteiger partial charge in [0.2, 0.25) is 59.1 Å². The fraction of sp³-hybridized carbons (Fsp3) is 0.680. The summed E-state index contributed by atoms with van der Waals surface area (Å²) in [5.41, 5.74) is 11.8. The molecule has 83 heavy (non-hydrogen) atoms. The first-order chi connectivity index (χ1) is 39.0. The second-order valence-electron chi connectivity index (χ2n) is 20.3. The third-order valence-corrected chi connectivity index (χ3v) is 12.7. The van der Waals surface area contributed by atoms with E-state index in [1.54, 1.807) is 20.8 Å². The Kier molecular flexibility index (Phi) is 33.5. The summed E-state index contributed by atoms with van der Waals surface area (Å²) in [7, 11) is 0. The maximum absolute atomic E-state index is 13.9. The van der Waals surface area contributed by atoms with Gasteiger partial charge in [0, 0.05) is 32.0 Å². The zero-order valence-corrected chi connectivity index (χ0v) is 47.4. The minimum Gasteiger partial charge on any atom is -0.481 e. The number of nitrogens with two attached hydrogens (primary N) is 2. The van der Waals surface area contributed by atoms with Crippen molar-refractivity contribution in [2.45, 2.75) is 166 Å². The Morgan fingerprint density at radius 2 is 1.05 bits per heavy atom. The van der Waals surface area contributed by atoms with Crippen LogP contribution in [-0.2, 0) is 68.7 Å². The van der Waals surface area contributed by atoms with E-state index in [9.17, 15) is 93.0 Å². The summed E-state index contributed by atoms with van der Waals surface area (Å²) in [6, 6.07) is -15.9. The van der Waals surface area contributed by atoms with Crippen LogP contribution >= 0.6 is 0 Å². The van der Waals surface area contributed by atoms with Gasteiger partial charge in [0.15, 0.2) is 0 Å². The van der Waals surface area contributed by atoms with Crippen LogP contribution in [0.1, 0.15) is 105 Å². The fourth-order valence-electron chi connectivity index (χ4n) is 7.71. The molecule has 0 radical (unpaired) electrons. The molecule has 0 spiro atoms. The molecule has 468 valence electrons. The number of aliphatic hydroxyl groups excluding tert-OH is 3. The van der Waals surface area contributed by atoms with Crippen molar-refractivity contribution in [2.24, 2.45) is 29.2 Å². The average molecular weight is 1190 g/mol. The largest absolute Gasteiger partial charge is 0.481 e. The Hall–Kier alpha value is -7.88. The van der Waals surface area contributed by atoms with Crippen LogP contribution in [0.4, 0.5) is 0 Å². The standard InChI is InChI=1S/C50H84N14O19/c1-7-26(6)40(64-47(79)35(22-67)62-46(78)34(21-66)60-43(75)30(16-24(2)3)58-41(73)28(52)10-8-9-14-51)49(81)59-31(18-38(71)72)44(76)61-33(20-65)45(77)57-29(11-12-37(69)70)42(74)63-39(25(4)5)48(80)54-15-13-36(68)56-32(50(82)83)17-27-19-53-23-55-27/h19,23-26,28-35,39-40,65-67H,7-18,20-22,51-52H2,1-6H3,(H,53,55)(H,54,80)(H,56,68)(H,57,77)(H,58,73)(H,59,81)(H,60,75)(H,61,76)(H,62,78)(H,63,74)(H,64,79)(H,69,70)(H,71,72)(H,82,83)/t26-,28-,29-,30-,31-,32-,33-,34-,35-,39-,40-/m0/s1. The lowest BCUT2D eigenvalue weighted by atomic mass is 9.97. The van der Waals surface area contributed by atoms with E-state index in [4.69, 9.17) is 11.5 Å². The highest BCUT2D eigenvalue weighted by molar-refractivity contribution is 5.99. The number of aliphatic carboxylic acids is 3. The maximum Gasteiger partial charge on any atom is 0.326 e. The minimum absolute atomic E-state index is 0.0890. The van der Waals surface area contributed by atoms with E-state index >= 15 is 0 Å². The number of carboxylic acids is 3. The van der Waals surface area contributed by atoms with Gasteiger partial charge in [-0.25, -0.2) is 9.78 Å². The molecule has 33 heteroatoms. The van der Waals surface area contributed by atoms with Crippen molar-refractivity contribution in [3.05, 3.63) is 18.2 Å². The number of aromatic amines is 1. The zero-order chi connectivity index (χ0) is 63.1. The van der Waals surface area contributed by atoms with E-state index in [-0.39, 0.29) is 38.1 Å². The number of nitrogens with zero attached hydrogens (tertiary/aromatic N) is 1. The lowest BCUT2D eigenvalue weighted by molar-refractivity contribution is -0.142. The summed E-state index contributed by atoms with van der Waals surface area (Å²) in [5.74, 6) is -16.6. The van der Waals surface area contributed by atoms with Crippen molar-refractivity contribution >= 4 is 77.0 Å². The lowest BCUT2D eigenvalue weighted by Crippen LogP contribution is -2.62. The molecule has 0 aliphatic carbocycles. The molecular formula is C50H84N14O19. The van der Waals surface area contributed by atoms with E-state index in [0.717, 1.165) is 0 Å². The molecular weight excluding hydrogens is 1100 g/mol. The smallest absolute Gasteiger partial charge is 0.326 e. The molecule has 33 nitrogen and oxygen atoms in total. The highest BCUT2D eigenvalue weighted by Gasteiger charge is 2.37. The molecule has 0 fully saturated rings. The number of carboxylic acid groups (broad SMARTS) is 3. The number of rotatable bonds is 41. The van der Waals surface area contributed by atoms with Crippen LogP contribution in [0, 0.1) is 17.8 Å². The van der Waals surface area contributed by atoms with Crippen LogP contribution < -0.4 is 64.6 Å². The normalized spacial score (nSPS) is 15.1. The van der Waals surface area contributed by atoms with Crippen molar-refractivity contribution in [3.8, 4) is 0 Å². The van der Waals surface area contributed by atoms with Gasteiger partial charge in [-0.15, -0.1) is 0 Å². The van der Waals surface area contributed by atoms with Crippen LogP contribution in [0.15, 0.2) is 12.5 Å². The van der Waals surface area contributed by atoms with Gasteiger partial charge in [-0.3, -0.25) is 57.5 Å². The topological polar surface area (TPSA) is 544 Å². The van der Waals surface area contributed by atoms with Crippen LogP contribution in [0.25, 0.3) is 0 Å². The molecule has 11 atom stereocenters. The Morgan fingerprint density at radius 3 is 1.52 bits per heavy atom. The Balaban J connectivity index is 3.20. The summed E-state index contributed by atoms with van der Waals surface area (Å²) in [4.78, 5) is 176. The van der Waals surface area contributed by atoms with Crippen molar-refractivity contribution in [3.63, 3.8) is 0 Å². The van der Waals surface area contributed by atoms with Gasteiger partial charge in [0.05, 0.1) is 44.3 Å².